The largest absolute Gasteiger partial charge is 0.322 e. The van der Waals surface area contributed by atoms with Gasteiger partial charge in [0.2, 0.25) is 0 Å². The Morgan fingerprint density at radius 3 is 2.75 bits per heavy atom. The summed E-state index contributed by atoms with van der Waals surface area (Å²) in [6.07, 6.45) is 0. The molecule has 20 heavy (non-hydrogen) atoms. The number of imidazole rings is 1. The molecule has 0 bridgehead atoms. The van der Waals surface area contributed by atoms with Crippen molar-refractivity contribution in [3.8, 4) is 0 Å². The summed E-state index contributed by atoms with van der Waals surface area (Å²) in [5, 5.41) is 0. The molecule has 3 aromatic rings. The van der Waals surface area contributed by atoms with Gasteiger partial charge in [-0.15, -0.1) is 22.9 Å². The van der Waals surface area contributed by atoms with E-state index in [4.69, 9.17) is 11.6 Å². The monoisotopic (exact) mass is 308 g/mol. The van der Waals surface area contributed by atoms with Crippen molar-refractivity contribution in [2.75, 3.05) is 0 Å². The first-order valence-electron chi connectivity index (χ1n) is 6.35. The van der Waals surface area contributed by atoms with Gasteiger partial charge in [-0.3, -0.25) is 0 Å². The molecule has 0 saturated heterocycles. The predicted molar refractivity (Wildman–Crippen MR) is 82.1 cm³/mol. The molecule has 0 fully saturated rings. The van der Waals surface area contributed by atoms with Gasteiger partial charge in [0.25, 0.3) is 0 Å². The van der Waals surface area contributed by atoms with Gasteiger partial charge in [-0.2, -0.15) is 0 Å². The van der Waals surface area contributed by atoms with E-state index in [1.54, 1.807) is 17.4 Å². The van der Waals surface area contributed by atoms with Crippen LogP contribution < -0.4 is 0 Å². The minimum absolute atomic E-state index is 0.252. The Balaban J connectivity index is 2.11. The van der Waals surface area contributed by atoms with Crippen molar-refractivity contribution in [2.24, 2.45) is 0 Å². The first kappa shape index (κ1) is 13.6. The Bertz CT molecular complexity index is 756. The quantitative estimate of drug-likeness (QED) is 0.644. The summed E-state index contributed by atoms with van der Waals surface area (Å²) < 4.78 is 15.5. The number of benzene rings is 1. The van der Waals surface area contributed by atoms with Gasteiger partial charge in [0.15, 0.2) is 0 Å². The van der Waals surface area contributed by atoms with Crippen LogP contribution >= 0.6 is 22.9 Å². The molecule has 0 amide bonds. The number of aromatic nitrogens is 2. The summed E-state index contributed by atoms with van der Waals surface area (Å²) in [4.78, 5) is 7.01. The fourth-order valence-electron chi connectivity index (χ4n) is 2.31. The second-order valence-corrected chi connectivity index (χ2v) is 6.44. The molecule has 2 nitrogen and oxygen atoms in total. The summed E-state index contributed by atoms with van der Waals surface area (Å²) in [6, 6.07) is 6.81. The van der Waals surface area contributed by atoms with E-state index in [2.05, 4.69) is 24.9 Å². The lowest BCUT2D eigenvalue weighted by Crippen LogP contribution is -2.02. The zero-order valence-corrected chi connectivity index (χ0v) is 12.9. The Morgan fingerprint density at radius 2 is 2.10 bits per heavy atom. The van der Waals surface area contributed by atoms with Crippen molar-refractivity contribution in [1.82, 2.24) is 9.55 Å². The summed E-state index contributed by atoms with van der Waals surface area (Å²) in [7, 11) is 0. The van der Waals surface area contributed by atoms with Gasteiger partial charge < -0.3 is 4.57 Å². The van der Waals surface area contributed by atoms with Crippen LogP contribution in [0.15, 0.2) is 24.3 Å². The van der Waals surface area contributed by atoms with Crippen LogP contribution in [0.2, 0.25) is 0 Å². The molecule has 0 spiro atoms. The molecule has 0 saturated carbocycles. The maximum Gasteiger partial charge on any atom is 0.125 e. The van der Waals surface area contributed by atoms with Crippen molar-refractivity contribution in [3.63, 3.8) is 0 Å². The molecule has 0 aliphatic rings. The lowest BCUT2D eigenvalue weighted by Gasteiger charge is -2.06. The minimum Gasteiger partial charge on any atom is -0.322 e. The smallest absolute Gasteiger partial charge is 0.125 e. The number of hydrogen-bond donors (Lipinski definition) is 0. The predicted octanol–water partition coefficient (Wildman–Crippen LogP) is 4.64. The van der Waals surface area contributed by atoms with E-state index in [1.165, 1.54) is 27.5 Å². The van der Waals surface area contributed by atoms with Crippen LogP contribution in [0.25, 0.3) is 11.0 Å². The highest BCUT2D eigenvalue weighted by molar-refractivity contribution is 7.12. The van der Waals surface area contributed by atoms with Crippen molar-refractivity contribution in [2.45, 2.75) is 26.3 Å². The van der Waals surface area contributed by atoms with E-state index >= 15 is 0 Å². The number of thiophene rings is 1. The standard InChI is InChI=1S/C15H14ClFN2S/c1-9-5-12(20-10(9)2)8-19-14-6-11(17)3-4-13(14)18-15(19)7-16/h3-6H,7-8H2,1-2H3. The van der Waals surface area contributed by atoms with Gasteiger partial charge in [0.05, 0.1) is 23.5 Å². The molecule has 104 valence electrons. The van der Waals surface area contributed by atoms with E-state index < -0.39 is 0 Å². The van der Waals surface area contributed by atoms with Crippen LogP contribution in [0.1, 0.15) is 21.1 Å². The summed E-state index contributed by atoms with van der Waals surface area (Å²) in [5.41, 5.74) is 2.87. The number of aryl methyl sites for hydroxylation is 2. The van der Waals surface area contributed by atoms with E-state index in [9.17, 15) is 4.39 Å². The summed E-state index contributed by atoms with van der Waals surface area (Å²) >= 11 is 7.73. The number of fused-ring (bicyclic) bond motifs is 1. The maximum absolute atomic E-state index is 13.5. The van der Waals surface area contributed by atoms with Crippen molar-refractivity contribution >= 4 is 34.0 Å². The van der Waals surface area contributed by atoms with Gasteiger partial charge in [0, 0.05) is 9.75 Å². The fraction of sp³-hybridized carbons (Fsp3) is 0.267. The summed E-state index contributed by atoms with van der Waals surface area (Å²) in [6.45, 7) is 4.89. The first-order valence-corrected chi connectivity index (χ1v) is 7.70. The van der Waals surface area contributed by atoms with E-state index in [0.717, 1.165) is 16.9 Å². The Morgan fingerprint density at radius 1 is 1.30 bits per heavy atom. The Labute approximate surface area is 125 Å². The van der Waals surface area contributed by atoms with Crippen molar-refractivity contribution in [3.05, 3.63) is 51.2 Å². The van der Waals surface area contributed by atoms with Gasteiger partial charge >= 0.3 is 0 Å². The second kappa shape index (κ2) is 5.19. The molecule has 0 N–H and O–H groups in total. The first-order chi connectivity index (χ1) is 9.58. The number of alkyl halides is 1. The molecule has 1 aromatic carbocycles. The van der Waals surface area contributed by atoms with Crippen LogP contribution in [-0.4, -0.2) is 9.55 Å². The van der Waals surface area contributed by atoms with Gasteiger partial charge in [-0.1, -0.05) is 0 Å². The Kier molecular flexibility index (Phi) is 3.52. The molecule has 5 heteroatoms. The average Bonchev–Trinajstić information content (AvgIpc) is 2.91. The number of rotatable bonds is 3. The molecule has 2 heterocycles. The third-order valence-corrected chi connectivity index (χ3v) is 4.82. The number of nitrogens with zero attached hydrogens (tertiary/aromatic N) is 2. The van der Waals surface area contributed by atoms with Crippen LogP contribution in [0.3, 0.4) is 0 Å². The maximum atomic E-state index is 13.5. The van der Waals surface area contributed by atoms with Gasteiger partial charge in [-0.05, 0) is 43.7 Å². The van der Waals surface area contributed by atoms with Crippen LogP contribution in [-0.2, 0) is 12.4 Å². The van der Waals surface area contributed by atoms with Gasteiger partial charge in [-0.25, -0.2) is 9.37 Å². The van der Waals surface area contributed by atoms with Crippen molar-refractivity contribution < 1.29 is 4.39 Å². The lowest BCUT2D eigenvalue weighted by atomic mass is 10.2. The third kappa shape index (κ3) is 2.34. The van der Waals surface area contributed by atoms with Crippen LogP contribution in [0.5, 0.6) is 0 Å². The summed E-state index contributed by atoms with van der Waals surface area (Å²) in [5.74, 6) is 0.842. The highest BCUT2D eigenvalue weighted by Gasteiger charge is 2.12. The molecule has 2 aromatic heterocycles. The molecule has 0 radical (unpaired) electrons. The lowest BCUT2D eigenvalue weighted by molar-refractivity contribution is 0.628. The van der Waals surface area contributed by atoms with E-state index in [1.807, 2.05) is 4.57 Å². The fourth-order valence-corrected chi connectivity index (χ4v) is 3.55. The molecule has 0 aliphatic carbocycles. The second-order valence-electron chi connectivity index (χ2n) is 4.83. The number of halogens is 2. The van der Waals surface area contributed by atoms with E-state index in [-0.39, 0.29) is 5.82 Å². The van der Waals surface area contributed by atoms with Crippen LogP contribution in [0.4, 0.5) is 4.39 Å². The van der Waals surface area contributed by atoms with Crippen LogP contribution in [0, 0.1) is 19.7 Å². The molecule has 3 rings (SSSR count). The van der Waals surface area contributed by atoms with Crippen molar-refractivity contribution in [1.29, 1.82) is 0 Å². The zero-order valence-electron chi connectivity index (χ0n) is 11.3. The topological polar surface area (TPSA) is 17.8 Å². The SMILES string of the molecule is Cc1cc(Cn2c(CCl)nc3ccc(F)cc32)sc1C. The number of hydrogen-bond acceptors (Lipinski definition) is 2. The molecule has 0 unspecified atom stereocenters. The zero-order chi connectivity index (χ0) is 14.3. The van der Waals surface area contributed by atoms with E-state index in [0.29, 0.717) is 12.4 Å². The molecule has 0 aliphatic heterocycles. The van der Waals surface area contributed by atoms with Gasteiger partial charge in [0.1, 0.15) is 11.6 Å². The minimum atomic E-state index is -0.252. The normalized spacial score (nSPS) is 11.4. The molecular weight excluding hydrogens is 295 g/mol. The highest BCUT2D eigenvalue weighted by atomic mass is 35.5. The third-order valence-electron chi connectivity index (χ3n) is 3.44. The highest BCUT2D eigenvalue weighted by Crippen LogP contribution is 2.25. The molecular formula is C15H14ClFN2S. The average molecular weight is 309 g/mol. The molecule has 0 atom stereocenters. The Hall–Kier alpha value is -1.39.